The monoisotopic (exact) mass is 328 g/mol. The van der Waals surface area contributed by atoms with Crippen LogP contribution in [0.1, 0.15) is 39.2 Å². The molecule has 0 aliphatic carbocycles. The summed E-state index contributed by atoms with van der Waals surface area (Å²) in [6, 6.07) is 8.07. The van der Waals surface area contributed by atoms with Gasteiger partial charge in [-0.15, -0.1) is 12.4 Å². The van der Waals surface area contributed by atoms with Crippen LogP contribution in [0.5, 0.6) is 5.75 Å². The minimum atomic E-state index is 0. The van der Waals surface area contributed by atoms with Gasteiger partial charge in [0.05, 0.1) is 6.54 Å². The van der Waals surface area contributed by atoms with Gasteiger partial charge in [0.15, 0.2) is 0 Å². The zero-order valence-electron chi connectivity index (χ0n) is 14.1. The molecular formula is C17H29ClN2O2. The van der Waals surface area contributed by atoms with E-state index >= 15 is 0 Å². The van der Waals surface area contributed by atoms with Gasteiger partial charge in [-0.3, -0.25) is 4.79 Å². The Labute approximate surface area is 140 Å². The Kier molecular flexibility index (Phi) is 9.86. The molecular weight excluding hydrogens is 300 g/mol. The Morgan fingerprint density at radius 1 is 1.18 bits per heavy atom. The Morgan fingerprint density at radius 2 is 1.86 bits per heavy atom. The second-order valence-electron chi connectivity index (χ2n) is 6.15. The molecule has 0 aliphatic rings. The van der Waals surface area contributed by atoms with E-state index in [0.29, 0.717) is 19.6 Å². The predicted molar refractivity (Wildman–Crippen MR) is 94.1 cm³/mol. The molecule has 0 fully saturated rings. The molecule has 1 rings (SSSR count). The molecule has 22 heavy (non-hydrogen) atoms. The summed E-state index contributed by atoms with van der Waals surface area (Å²) >= 11 is 0. The molecule has 0 saturated carbocycles. The Hall–Kier alpha value is -1.26. The highest BCUT2D eigenvalue weighted by atomic mass is 35.5. The van der Waals surface area contributed by atoms with Gasteiger partial charge in [-0.25, -0.2) is 0 Å². The number of benzene rings is 1. The lowest BCUT2D eigenvalue weighted by Gasteiger charge is -2.22. The van der Waals surface area contributed by atoms with Crippen LogP contribution in [0.15, 0.2) is 24.3 Å². The molecule has 0 aliphatic heterocycles. The molecule has 5 heteroatoms. The largest absolute Gasteiger partial charge is 0.491 e. The highest BCUT2D eigenvalue weighted by Gasteiger charge is 2.18. The predicted octanol–water partition coefficient (Wildman–Crippen LogP) is 2.90. The fourth-order valence-corrected chi connectivity index (χ4v) is 2.08. The van der Waals surface area contributed by atoms with Crippen LogP contribution in [-0.2, 0) is 10.2 Å². The first kappa shape index (κ1) is 20.7. The number of para-hydroxylation sites is 1. The summed E-state index contributed by atoms with van der Waals surface area (Å²) in [6.07, 6.45) is 1.41. The van der Waals surface area contributed by atoms with Gasteiger partial charge in [0, 0.05) is 6.42 Å². The van der Waals surface area contributed by atoms with Gasteiger partial charge in [0.1, 0.15) is 12.4 Å². The number of rotatable bonds is 8. The molecule has 0 saturated heterocycles. The molecule has 1 amide bonds. The van der Waals surface area contributed by atoms with Crippen molar-refractivity contribution in [2.75, 3.05) is 26.7 Å². The van der Waals surface area contributed by atoms with E-state index in [1.165, 1.54) is 5.56 Å². The molecule has 4 nitrogen and oxygen atoms in total. The maximum Gasteiger partial charge on any atom is 0.220 e. The van der Waals surface area contributed by atoms with Gasteiger partial charge in [-0.1, -0.05) is 39.0 Å². The van der Waals surface area contributed by atoms with Crippen LogP contribution in [0.3, 0.4) is 0 Å². The first-order chi connectivity index (χ1) is 9.95. The normalized spacial score (nSPS) is 10.7. The third kappa shape index (κ3) is 7.66. The fourth-order valence-electron chi connectivity index (χ4n) is 2.08. The molecule has 0 aromatic heterocycles. The van der Waals surface area contributed by atoms with E-state index in [0.717, 1.165) is 18.7 Å². The van der Waals surface area contributed by atoms with Gasteiger partial charge < -0.3 is 15.4 Å². The zero-order valence-corrected chi connectivity index (χ0v) is 14.9. The van der Waals surface area contributed by atoms with E-state index in [4.69, 9.17) is 4.74 Å². The first-order valence-electron chi connectivity index (χ1n) is 7.58. The van der Waals surface area contributed by atoms with Crippen molar-refractivity contribution in [3.05, 3.63) is 29.8 Å². The number of carbonyl (C=O) groups excluding carboxylic acids is 1. The number of halogens is 1. The van der Waals surface area contributed by atoms with Crippen molar-refractivity contribution in [2.24, 2.45) is 0 Å². The third-order valence-corrected chi connectivity index (χ3v) is 3.21. The number of carbonyl (C=O) groups is 1. The van der Waals surface area contributed by atoms with Gasteiger partial charge >= 0.3 is 0 Å². The lowest BCUT2D eigenvalue weighted by Crippen LogP contribution is -2.28. The second kappa shape index (κ2) is 10.5. The Morgan fingerprint density at radius 3 is 2.50 bits per heavy atom. The smallest absolute Gasteiger partial charge is 0.220 e. The first-order valence-corrected chi connectivity index (χ1v) is 7.58. The van der Waals surface area contributed by atoms with Gasteiger partial charge in [-0.05, 0) is 37.1 Å². The number of hydrogen-bond donors (Lipinski definition) is 2. The van der Waals surface area contributed by atoms with Crippen molar-refractivity contribution >= 4 is 18.3 Å². The average molecular weight is 329 g/mol. The van der Waals surface area contributed by atoms with E-state index in [1.54, 1.807) is 0 Å². The van der Waals surface area contributed by atoms with Crippen LogP contribution in [0.25, 0.3) is 0 Å². The standard InChI is InChI=1S/C17H28N2O2.ClH/c1-17(2,3)14-8-5-6-9-15(14)21-13-12-19-16(20)10-7-11-18-4;/h5-6,8-9,18H,7,10-13H2,1-4H3,(H,19,20);1H. The third-order valence-electron chi connectivity index (χ3n) is 3.21. The summed E-state index contributed by atoms with van der Waals surface area (Å²) in [5, 5.41) is 5.91. The number of hydrogen-bond acceptors (Lipinski definition) is 3. The van der Waals surface area contributed by atoms with Gasteiger partial charge in [-0.2, -0.15) is 0 Å². The zero-order chi connectivity index (χ0) is 15.7. The summed E-state index contributed by atoms with van der Waals surface area (Å²) in [5.41, 5.74) is 1.23. The summed E-state index contributed by atoms with van der Waals surface area (Å²) in [7, 11) is 1.89. The minimum Gasteiger partial charge on any atom is -0.491 e. The van der Waals surface area contributed by atoms with Crippen molar-refractivity contribution in [3.8, 4) is 5.75 Å². The second-order valence-corrected chi connectivity index (χ2v) is 6.15. The number of amides is 1. The molecule has 2 N–H and O–H groups in total. The lowest BCUT2D eigenvalue weighted by atomic mass is 9.86. The highest BCUT2D eigenvalue weighted by molar-refractivity contribution is 5.85. The van der Waals surface area contributed by atoms with Crippen LogP contribution >= 0.6 is 12.4 Å². The van der Waals surface area contributed by atoms with Crippen molar-refractivity contribution in [1.29, 1.82) is 0 Å². The maximum atomic E-state index is 11.6. The SMILES string of the molecule is CNCCCC(=O)NCCOc1ccccc1C(C)(C)C.Cl. The van der Waals surface area contributed by atoms with Crippen molar-refractivity contribution in [2.45, 2.75) is 39.0 Å². The summed E-state index contributed by atoms with van der Waals surface area (Å²) in [4.78, 5) is 11.6. The van der Waals surface area contributed by atoms with Crippen molar-refractivity contribution in [3.63, 3.8) is 0 Å². The Balaban J connectivity index is 0.00000441. The summed E-state index contributed by atoms with van der Waals surface area (Å²) < 4.78 is 5.81. The molecule has 0 spiro atoms. The quantitative estimate of drug-likeness (QED) is 0.721. The number of nitrogens with one attached hydrogen (secondary N) is 2. The van der Waals surface area contributed by atoms with Crippen LogP contribution < -0.4 is 15.4 Å². The molecule has 1 aromatic rings. The van der Waals surface area contributed by atoms with E-state index < -0.39 is 0 Å². The van der Waals surface area contributed by atoms with Crippen molar-refractivity contribution < 1.29 is 9.53 Å². The molecule has 126 valence electrons. The topological polar surface area (TPSA) is 50.4 Å². The summed E-state index contributed by atoms with van der Waals surface area (Å²) in [6.45, 7) is 8.39. The van der Waals surface area contributed by atoms with Gasteiger partial charge in [0.2, 0.25) is 5.91 Å². The number of ether oxygens (including phenoxy) is 1. The van der Waals surface area contributed by atoms with E-state index in [9.17, 15) is 4.79 Å². The fraction of sp³-hybridized carbons (Fsp3) is 0.588. The van der Waals surface area contributed by atoms with Gasteiger partial charge in [0.25, 0.3) is 0 Å². The molecule has 0 unspecified atom stereocenters. The van der Waals surface area contributed by atoms with E-state index in [2.05, 4.69) is 37.5 Å². The lowest BCUT2D eigenvalue weighted by molar-refractivity contribution is -0.121. The molecule has 1 aromatic carbocycles. The van der Waals surface area contributed by atoms with E-state index in [-0.39, 0.29) is 23.7 Å². The molecule has 0 atom stereocenters. The van der Waals surface area contributed by atoms with Crippen LogP contribution in [0.4, 0.5) is 0 Å². The molecule has 0 bridgehead atoms. The Bertz CT molecular complexity index is 445. The molecule has 0 radical (unpaired) electrons. The van der Waals surface area contributed by atoms with Crippen LogP contribution in [0.2, 0.25) is 0 Å². The highest BCUT2D eigenvalue weighted by Crippen LogP contribution is 2.30. The van der Waals surface area contributed by atoms with Crippen LogP contribution in [0, 0.1) is 0 Å². The summed E-state index contributed by atoms with van der Waals surface area (Å²) in [5.74, 6) is 0.979. The van der Waals surface area contributed by atoms with E-state index in [1.807, 2.05) is 25.2 Å². The maximum absolute atomic E-state index is 11.6. The van der Waals surface area contributed by atoms with Crippen LogP contribution in [-0.4, -0.2) is 32.7 Å². The molecule has 0 heterocycles. The minimum absolute atomic E-state index is 0. The van der Waals surface area contributed by atoms with Crippen molar-refractivity contribution in [1.82, 2.24) is 10.6 Å². The average Bonchev–Trinajstić information content (AvgIpc) is 2.43.